The smallest absolute Gasteiger partial charge is 0.370 e. The molecule has 0 unspecified atom stereocenters. The molecule has 8 heteroatoms. The molecule has 1 aromatic heterocycles. The van der Waals surface area contributed by atoms with Crippen molar-refractivity contribution in [3.8, 4) is 0 Å². The molecule has 0 spiro atoms. The van der Waals surface area contributed by atoms with Gasteiger partial charge in [0.05, 0.1) is 12.1 Å². The number of nitrogens with one attached hydrogen (secondary N) is 1. The van der Waals surface area contributed by atoms with Crippen molar-refractivity contribution in [1.82, 2.24) is 4.98 Å². The normalized spacial score (nSPS) is 11.2. The molecule has 19 heavy (non-hydrogen) atoms. The van der Waals surface area contributed by atoms with Crippen LogP contribution in [0.2, 0.25) is 0 Å². The van der Waals surface area contributed by atoms with Crippen molar-refractivity contribution >= 4 is 17.5 Å². The quantitative estimate of drug-likeness (QED) is 0.854. The van der Waals surface area contributed by atoms with Crippen LogP contribution in [0.1, 0.15) is 12.5 Å². The summed E-state index contributed by atoms with van der Waals surface area (Å²) in [7, 11) is 1.45. The highest BCUT2D eigenvalue weighted by atomic mass is 19.4. The summed E-state index contributed by atoms with van der Waals surface area (Å²) in [6, 6.07) is 1.80. The zero-order valence-electron chi connectivity index (χ0n) is 10.6. The van der Waals surface area contributed by atoms with Crippen LogP contribution in [0.25, 0.3) is 0 Å². The number of aromatic nitrogens is 1. The predicted molar refractivity (Wildman–Crippen MR) is 65.9 cm³/mol. The maximum absolute atomic E-state index is 12.7. The number of pyridine rings is 1. The van der Waals surface area contributed by atoms with E-state index in [1.54, 1.807) is 6.92 Å². The highest BCUT2D eigenvalue weighted by Crippen LogP contribution is 2.32. The Morgan fingerprint density at radius 1 is 1.47 bits per heavy atom. The number of primary amides is 1. The second kappa shape index (κ2) is 5.77. The van der Waals surface area contributed by atoms with Gasteiger partial charge in [0.2, 0.25) is 5.91 Å². The largest absolute Gasteiger partial charge is 0.416 e. The van der Waals surface area contributed by atoms with E-state index in [4.69, 9.17) is 5.73 Å². The molecule has 5 nitrogen and oxygen atoms in total. The summed E-state index contributed by atoms with van der Waals surface area (Å²) in [6.45, 7) is 1.97. The summed E-state index contributed by atoms with van der Waals surface area (Å²) >= 11 is 0. The van der Waals surface area contributed by atoms with Crippen LogP contribution in [0.5, 0.6) is 0 Å². The molecule has 0 saturated carbocycles. The fourth-order valence-electron chi connectivity index (χ4n) is 1.46. The van der Waals surface area contributed by atoms with Gasteiger partial charge in [-0.25, -0.2) is 4.98 Å². The lowest BCUT2D eigenvalue weighted by Crippen LogP contribution is -2.31. The third-order valence-corrected chi connectivity index (χ3v) is 2.28. The number of alkyl halides is 3. The van der Waals surface area contributed by atoms with Crippen molar-refractivity contribution in [2.75, 3.05) is 30.4 Å². The molecule has 0 saturated heterocycles. The maximum Gasteiger partial charge on any atom is 0.416 e. The summed E-state index contributed by atoms with van der Waals surface area (Å²) in [4.78, 5) is 16.0. The molecule has 106 valence electrons. The van der Waals surface area contributed by atoms with Gasteiger partial charge in [-0.3, -0.25) is 4.79 Å². The fourth-order valence-corrected chi connectivity index (χ4v) is 1.46. The first-order valence-corrected chi connectivity index (χ1v) is 5.56. The van der Waals surface area contributed by atoms with Gasteiger partial charge in [-0.05, 0) is 19.1 Å². The van der Waals surface area contributed by atoms with Gasteiger partial charge in [-0.2, -0.15) is 13.2 Å². The Balaban J connectivity index is 3.16. The molecule has 0 aliphatic rings. The lowest BCUT2D eigenvalue weighted by atomic mass is 10.2. The molecule has 0 fully saturated rings. The summed E-state index contributed by atoms with van der Waals surface area (Å²) in [5.74, 6) is -0.514. The maximum atomic E-state index is 12.7. The summed E-state index contributed by atoms with van der Waals surface area (Å²) in [5, 5.41) is 2.71. The predicted octanol–water partition coefficient (Wildman–Crippen LogP) is 1.45. The van der Waals surface area contributed by atoms with E-state index in [1.165, 1.54) is 11.9 Å². The van der Waals surface area contributed by atoms with Crippen molar-refractivity contribution in [2.24, 2.45) is 5.73 Å². The van der Waals surface area contributed by atoms with E-state index < -0.39 is 17.6 Å². The van der Waals surface area contributed by atoms with Crippen LogP contribution in [0, 0.1) is 0 Å². The highest BCUT2D eigenvalue weighted by molar-refractivity contribution is 5.79. The second-order valence-electron chi connectivity index (χ2n) is 3.95. The van der Waals surface area contributed by atoms with Crippen molar-refractivity contribution in [1.29, 1.82) is 0 Å². The monoisotopic (exact) mass is 276 g/mol. The van der Waals surface area contributed by atoms with E-state index in [0.717, 1.165) is 12.1 Å². The van der Waals surface area contributed by atoms with Crippen LogP contribution in [-0.4, -0.2) is 31.0 Å². The Hall–Kier alpha value is -1.99. The SMILES string of the molecule is CCNc1cc(C(F)(F)F)cc(N(C)CC(N)=O)n1. The van der Waals surface area contributed by atoms with Crippen molar-refractivity contribution in [3.05, 3.63) is 17.7 Å². The molecular weight excluding hydrogens is 261 g/mol. The minimum absolute atomic E-state index is 0.0320. The number of likely N-dealkylation sites (N-methyl/N-ethyl adjacent to an activating group) is 1. The molecule has 0 aliphatic heterocycles. The van der Waals surface area contributed by atoms with Crippen LogP contribution < -0.4 is 16.0 Å². The van der Waals surface area contributed by atoms with E-state index >= 15 is 0 Å². The number of anilines is 2. The van der Waals surface area contributed by atoms with Gasteiger partial charge < -0.3 is 16.0 Å². The molecular formula is C11H15F3N4O. The van der Waals surface area contributed by atoms with Crippen molar-refractivity contribution < 1.29 is 18.0 Å². The van der Waals surface area contributed by atoms with Gasteiger partial charge in [-0.1, -0.05) is 0 Å². The number of amides is 1. The molecule has 1 aromatic rings. The molecule has 3 N–H and O–H groups in total. The number of nitrogens with two attached hydrogens (primary N) is 1. The topological polar surface area (TPSA) is 71.2 Å². The molecule has 1 amide bonds. The fraction of sp³-hybridized carbons (Fsp3) is 0.455. The Bertz CT molecular complexity index is 462. The number of nitrogens with zero attached hydrogens (tertiary/aromatic N) is 2. The van der Waals surface area contributed by atoms with Gasteiger partial charge >= 0.3 is 6.18 Å². The van der Waals surface area contributed by atoms with Crippen LogP contribution >= 0.6 is 0 Å². The third kappa shape index (κ3) is 4.31. The van der Waals surface area contributed by atoms with Crippen molar-refractivity contribution in [2.45, 2.75) is 13.1 Å². The second-order valence-corrected chi connectivity index (χ2v) is 3.95. The first kappa shape index (κ1) is 15.1. The minimum Gasteiger partial charge on any atom is -0.370 e. The molecule has 0 aliphatic carbocycles. The van der Waals surface area contributed by atoms with E-state index in [-0.39, 0.29) is 18.2 Å². The lowest BCUT2D eigenvalue weighted by Gasteiger charge is -2.19. The standard InChI is InChI=1S/C11H15F3N4O/c1-3-16-9-4-7(11(12,13)14)5-10(17-9)18(2)6-8(15)19/h4-5H,3,6H2,1-2H3,(H2,15,19)(H,16,17). The van der Waals surface area contributed by atoms with Crippen LogP contribution in [-0.2, 0) is 11.0 Å². The molecule has 1 heterocycles. The Labute approximate surface area is 108 Å². The number of halogens is 3. The minimum atomic E-state index is -4.48. The average molecular weight is 276 g/mol. The van der Waals surface area contributed by atoms with Gasteiger partial charge in [-0.15, -0.1) is 0 Å². The molecule has 0 bridgehead atoms. The summed E-state index contributed by atoms with van der Waals surface area (Å²) in [5.41, 5.74) is 4.18. The molecule has 0 radical (unpaired) electrons. The van der Waals surface area contributed by atoms with E-state index in [1.807, 2.05) is 0 Å². The molecule has 0 atom stereocenters. The summed E-state index contributed by atoms with van der Waals surface area (Å²) in [6.07, 6.45) is -4.48. The number of hydrogen-bond acceptors (Lipinski definition) is 4. The number of carbonyl (C=O) groups is 1. The summed E-state index contributed by atoms with van der Waals surface area (Å²) < 4.78 is 38.2. The van der Waals surface area contributed by atoms with E-state index in [0.29, 0.717) is 6.54 Å². The van der Waals surface area contributed by atoms with Gasteiger partial charge in [0.15, 0.2) is 0 Å². The Kier molecular flexibility index (Phi) is 4.57. The number of hydrogen-bond donors (Lipinski definition) is 2. The first-order chi connectivity index (χ1) is 8.74. The molecule has 1 rings (SSSR count). The first-order valence-electron chi connectivity index (χ1n) is 5.56. The van der Waals surface area contributed by atoms with E-state index in [9.17, 15) is 18.0 Å². The van der Waals surface area contributed by atoms with Crippen LogP contribution in [0.3, 0.4) is 0 Å². The van der Waals surface area contributed by atoms with Gasteiger partial charge in [0.25, 0.3) is 0 Å². The van der Waals surface area contributed by atoms with Crippen molar-refractivity contribution in [3.63, 3.8) is 0 Å². The van der Waals surface area contributed by atoms with Gasteiger partial charge in [0.1, 0.15) is 11.6 Å². The number of rotatable bonds is 5. The molecule has 0 aromatic carbocycles. The average Bonchev–Trinajstić information content (AvgIpc) is 2.27. The third-order valence-electron chi connectivity index (χ3n) is 2.28. The highest BCUT2D eigenvalue weighted by Gasteiger charge is 2.32. The Morgan fingerprint density at radius 2 is 2.11 bits per heavy atom. The van der Waals surface area contributed by atoms with Crippen LogP contribution in [0.15, 0.2) is 12.1 Å². The van der Waals surface area contributed by atoms with Gasteiger partial charge in [0, 0.05) is 13.6 Å². The number of carbonyl (C=O) groups excluding carboxylic acids is 1. The zero-order chi connectivity index (χ0) is 14.6. The zero-order valence-corrected chi connectivity index (χ0v) is 10.6. The Morgan fingerprint density at radius 3 is 2.58 bits per heavy atom. The van der Waals surface area contributed by atoms with Crippen LogP contribution in [0.4, 0.5) is 24.8 Å². The van der Waals surface area contributed by atoms with E-state index in [2.05, 4.69) is 10.3 Å². The lowest BCUT2D eigenvalue weighted by molar-refractivity contribution is -0.137.